The Hall–Kier alpha value is -1.75. The van der Waals surface area contributed by atoms with Gasteiger partial charge in [0.05, 0.1) is 5.56 Å². The van der Waals surface area contributed by atoms with Crippen LogP contribution in [0.25, 0.3) is 0 Å². The highest BCUT2D eigenvalue weighted by Crippen LogP contribution is 2.29. The number of nitrogens with zero attached hydrogens (tertiary/aromatic N) is 1. The average molecular weight is 316 g/mol. The third kappa shape index (κ3) is 4.11. The Morgan fingerprint density at radius 1 is 1.14 bits per heavy atom. The second-order valence-electron chi connectivity index (χ2n) is 4.66. The summed E-state index contributed by atoms with van der Waals surface area (Å²) in [6, 6.07) is 10.2. The van der Waals surface area contributed by atoms with Crippen molar-refractivity contribution in [2.75, 3.05) is 0 Å². The van der Waals surface area contributed by atoms with Gasteiger partial charge in [-0.1, -0.05) is 41.9 Å². The largest absolute Gasteiger partial charge is 0.417 e. The lowest BCUT2D eigenvalue weighted by Crippen LogP contribution is -2.23. The highest BCUT2D eigenvalue weighted by molar-refractivity contribution is 6.30. The predicted octanol–water partition coefficient (Wildman–Crippen LogP) is 4.15. The summed E-state index contributed by atoms with van der Waals surface area (Å²) in [5.74, 6) is 0. The van der Waals surface area contributed by atoms with Gasteiger partial charge in [-0.25, -0.2) is 0 Å². The first kappa shape index (κ1) is 15.6. The van der Waals surface area contributed by atoms with Gasteiger partial charge in [0.1, 0.15) is 5.02 Å². The molecule has 21 heavy (non-hydrogen) atoms. The van der Waals surface area contributed by atoms with Crippen molar-refractivity contribution >= 4 is 11.6 Å². The van der Waals surface area contributed by atoms with E-state index in [0.717, 1.165) is 16.3 Å². The predicted molar refractivity (Wildman–Crippen MR) is 75.5 cm³/mol. The van der Waals surface area contributed by atoms with Gasteiger partial charge in [0, 0.05) is 12.7 Å². The minimum Gasteiger partial charge on any atom is -0.314 e. The molecule has 2 aromatic rings. The highest BCUT2D eigenvalue weighted by Gasteiger charge is 2.31. The number of halogens is 4. The fourth-order valence-corrected chi connectivity index (χ4v) is 2.24. The van der Waals surface area contributed by atoms with Crippen LogP contribution in [0.3, 0.4) is 0 Å². The van der Waals surface area contributed by atoms with E-state index in [1.165, 1.54) is 0 Å². The van der Waals surface area contributed by atoms with E-state index in [-0.39, 0.29) is 6.54 Å². The zero-order valence-electron chi connectivity index (χ0n) is 11.0. The summed E-state index contributed by atoms with van der Waals surface area (Å²) < 4.78 is 39.1. The minimum absolute atomic E-state index is 0.192. The van der Waals surface area contributed by atoms with Crippen molar-refractivity contribution in [3.8, 4) is 0 Å². The Morgan fingerprint density at radius 3 is 2.43 bits per heavy atom. The molecule has 0 amide bonds. The van der Waals surface area contributed by atoms with E-state index in [1.54, 1.807) is 0 Å². The van der Waals surface area contributed by atoms with Gasteiger partial charge in [0.2, 0.25) is 0 Å². The van der Waals surface area contributed by atoms with Gasteiger partial charge in [-0.2, -0.15) is 13.2 Å². The molecule has 0 radical (unpaired) electrons. The molecule has 0 aliphatic carbocycles. The van der Waals surface area contributed by atoms with Crippen molar-refractivity contribution in [3.05, 3.63) is 69.1 Å². The van der Waals surface area contributed by atoms with Gasteiger partial charge in [-0.05, 0) is 24.5 Å². The number of rotatable bonds is 4. The van der Waals surface area contributed by atoms with Crippen LogP contribution in [0.1, 0.15) is 17.5 Å². The second-order valence-corrected chi connectivity index (χ2v) is 5.07. The molecule has 0 bridgehead atoms. The molecule has 2 rings (SSSR count). The first-order valence-corrected chi connectivity index (χ1v) is 6.77. The zero-order chi connectivity index (χ0) is 15.5. The van der Waals surface area contributed by atoms with Crippen LogP contribution in [0.2, 0.25) is 5.02 Å². The number of alkyl halides is 3. The van der Waals surface area contributed by atoms with Crippen molar-refractivity contribution in [3.63, 3.8) is 0 Å². The Balaban J connectivity index is 2.13. The van der Waals surface area contributed by atoms with E-state index >= 15 is 0 Å². The maximum Gasteiger partial charge on any atom is 0.417 e. The smallest absolute Gasteiger partial charge is 0.314 e. The van der Waals surface area contributed by atoms with E-state index < -0.39 is 22.3 Å². The maximum absolute atomic E-state index is 12.7. The quantitative estimate of drug-likeness (QED) is 0.830. The molecule has 0 aliphatic rings. The van der Waals surface area contributed by atoms with Crippen LogP contribution in [0.15, 0.2) is 47.4 Å². The molecule has 0 spiro atoms. The summed E-state index contributed by atoms with van der Waals surface area (Å²) in [5, 5.41) is -0.412. The van der Waals surface area contributed by atoms with E-state index in [0.29, 0.717) is 18.9 Å². The molecule has 0 atom stereocenters. The van der Waals surface area contributed by atoms with Gasteiger partial charge in [-0.3, -0.25) is 4.79 Å². The lowest BCUT2D eigenvalue weighted by Gasteiger charge is -2.11. The molecule has 2 nitrogen and oxygen atoms in total. The summed E-state index contributed by atoms with van der Waals surface area (Å²) in [6.07, 6.45) is -2.46. The molecule has 0 unspecified atom stereocenters. The fourth-order valence-electron chi connectivity index (χ4n) is 2.02. The van der Waals surface area contributed by atoms with Crippen LogP contribution in [0.4, 0.5) is 13.2 Å². The second kappa shape index (κ2) is 6.35. The van der Waals surface area contributed by atoms with E-state index in [1.807, 2.05) is 30.3 Å². The Morgan fingerprint density at radius 2 is 1.81 bits per heavy atom. The van der Waals surface area contributed by atoms with Crippen molar-refractivity contribution in [2.24, 2.45) is 0 Å². The van der Waals surface area contributed by atoms with Crippen LogP contribution in [0.5, 0.6) is 0 Å². The molecule has 1 aromatic carbocycles. The first-order valence-electron chi connectivity index (χ1n) is 6.39. The van der Waals surface area contributed by atoms with Crippen molar-refractivity contribution < 1.29 is 13.2 Å². The van der Waals surface area contributed by atoms with Gasteiger partial charge in [0.25, 0.3) is 5.56 Å². The van der Waals surface area contributed by atoms with Crippen molar-refractivity contribution in [1.29, 1.82) is 0 Å². The standard InChI is InChI=1S/C15H13ClF3NO/c16-13-9-12(15(17,18)19)10-20(14(13)21)8-4-7-11-5-2-1-3-6-11/h1-3,5-6,9-10H,4,7-8H2. The number of hydrogen-bond acceptors (Lipinski definition) is 1. The highest BCUT2D eigenvalue weighted by atomic mass is 35.5. The number of benzene rings is 1. The SMILES string of the molecule is O=c1c(Cl)cc(C(F)(F)F)cn1CCCc1ccccc1. The van der Waals surface area contributed by atoms with Gasteiger partial charge < -0.3 is 4.57 Å². The van der Waals surface area contributed by atoms with E-state index in [4.69, 9.17) is 11.6 Å². The topological polar surface area (TPSA) is 22.0 Å². The van der Waals surface area contributed by atoms with Crippen LogP contribution in [-0.2, 0) is 19.1 Å². The molecule has 112 valence electrons. The Bertz CT molecular complexity index is 665. The van der Waals surface area contributed by atoms with Gasteiger partial charge in [-0.15, -0.1) is 0 Å². The summed E-state index contributed by atoms with van der Waals surface area (Å²) in [5.41, 5.74) is -0.437. The molecular weight excluding hydrogens is 303 g/mol. The number of pyridine rings is 1. The molecule has 1 heterocycles. The minimum atomic E-state index is -4.52. The van der Waals surface area contributed by atoms with Crippen LogP contribution in [0, 0.1) is 0 Å². The summed E-state index contributed by atoms with van der Waals surface area (Å²) in [7, 11) is 0. The molecular formula is C15H13ClF3NO. The number of hydrogen-bond donors (Lipinski definition) is 0. The Labute approximate surface area is 124 Å². The van der Waals surface area contributed by atoms with Crippen molar-refractivity contribution in [1.82, 2.24) is 4.57 Å². The molecule has 0 saturated carbocycles. The van der Waals surface area contributed by atoms with Gasteiger partial charge in [0.15, 0.2) is 0 Å². The number of aromatic nitrogens is 1. The lowest BCUT2D eigenvalue weighted by molar-refractivity contribution is -0.138. The summed E-state index contributed by atoms with van der Waals surface area (Å²) in [4.78, 5) is 11.8. The zero-order valence-corrected chi connectivity index (χ0v) is 11.8. The lowest BCUT2D eigenvalue weighted by atomic mass is 10.1. The summed E-state index contributed by atoms with van der Waals surface area (Å²) >= 11 is 5.59. The fraction of sp³-hybridized carbons (Fsp3) is 0.267. The molecule has 1 aromatic heterocycles. The molecule has 0 saturated heterocycles. The monoisotopic (exact) mass is 315 g/mol. The molecule has 0 fully saturated rings. The average Bonchev–Trinajstić information content (AvgIpc) is 2.43. The van der Waals surface area contributed by atoms with Crippen LogP contribution in [-0.4, -0.2) is 4.57 Å². The van der Waals surface area contributed by atoms with Crippen molar-refractivity contribution in [2.45, 2.75) is 25.6 Å². The number of aryl methyl sites for hydroxylation is 2. The third-order valence-electron chi connectivity index (χ3n) is 3.08. The first-order chi connectivity index (χ1) is 9.88. The molecule has 0 aliphatic heterocycles. The van der Waals surface area contributed by atoms with Crippen LogP contribution >= 0.6 is 11.6 Å². The van der Waals surface area contributed by atoms with Gasteiger partial charge >= 0.3 is 6.18 Å². The molecule has 0 N–H and O–H groups in total. The normalized spacial score (nSPS) is 11.6. The maximum atomic E-state index is 12.7. The molecule has 6 heteroatoms. The third-order valence-corrected chi connectivity index (χ3v) is 3.35. The Kier molecular flexibility index (Phi) is 4.73. The van der Waals surface area contributed by atoms with E-state index in [9.17, 15) is 18.0 Å². The van der Waals surface area contributed by atoms with Crippen LogP contribution < -0.4 is 5.56 Å². The summed E-state index contributed by atoms with van der Waals surface area (Å²) in [6.45, 7) is 0.192. The van der Waals surface area contributed by atoms with E-state index in [2.05, 4.69) is 0 Å².